The van der Waals surface area contributed by atoms with E-state index in [-0.39, 0.29) is 11.7 Å². The van der Waals surface area contributed by atoms with Crippen LogP contribution in [0.25, 0.3) is 10.2 Å². The van der Waals surface area contributed by atoms with E-state index in [9.17, 15) is 4.79 Å². The van der Waals surface area contributed by atoms with Crippen LogP contribution < -0.4 is 4.90 Å². The SMILES string of the molecule is Cc1ccc2nc(N(CCCN(C)C)C(=O)c3cc(C)no3)sc2c1. The summed E-state index contributed by atoms with van der Waals surface area (Å²) >= 11 is 1.53. The highest BCUT2D eigenvalue weighted by atomic mass is 32.1. The van der Waals surface area contributed by atoms with Crippen molar-refractivity contribution in [3.05, 3.63) is 41.3 Å². The molecule has 1 amide bonds. The van der Waals surface area contributed by atoms with Crippen molar-refractivity contribution >= 4 is 32.6 Å². The average Bonchev–Trinajstić information content (AvgIpc) is 3.16. The molecule has 0 spiro atoms. The highest BCUT2D eigenvalue weighted by Crippen LogP contribution is 2.30. The molecule has 0 saturated carbocycles. The lowest BCUT2D eigenvalue weighted by atomic mass is 10.2. The van der Waals surface area contributed by atoms with Gasteiger partial charge in [-0.05, 0) is 58.6 Å². The van der Waals surface area contributed by atoms with Crippen molar-refractivity contribution in [1.29, 1.82) is 0 Å². The van der Waals surface area contributed by atoms with E-state index in [1.54, 1.807) is 17.9 Å². The number of benzene rings is 1. The highest BCUT2D eigenvalue weighted by Gasteiger charge is 2.24. The van der Waals surface area contributed by atoms with Crippen molar-refractivity contribution in [3.8, 4) is 0 Å². The average molecular weight is 358 g/mol. The Balaban J connectivity index is 1.92. The van der Waals surface area contributed by atoms with E-state index in [1.807, 2.05) is 26.2 Å². The van der Waals surface area contributed by atoms with Crippen LogP contribution >= 0.6 is 11.3 Å². The number of fused-ring (bicyclic) bond motifs is 1. The van der Waals surface area contributed by atoms with Gasteiger partial charge in [-0.25, -0.2) is 4.98 Å². The van der Waals surface area contributed by atoms with Crippen LogP contribution in [-0.4, -0.2) is 48.1 Å². The molecule has 132 valence electrons. The highest BCUT2D eigenvalue weighted by molar-refractivity contribution is 7.22. The molecular weight excluding hydrogens is 336 g/mol. The normalized spacial score (nSPS) is 11.4. The van der Waals surface area contributed by atoms with Crippen LogP contribution in [0.5, 0.6) is 0 Å². The van der Waals surface area contributed by atoms with Crippen molar-refractivity contribution < 1.29 is 9.32 Å². The minimum Gasteiger partial charge on any atom is -0.351 e. The second-order valence-electron chi connectivity index (χ2n) is 6.41. The number of aryl methyl sites for hydroxylation is 2. The van der Waals surface area contributed by atoms with E-state index in [1.165, 1.54) is 16.9 Å². The number of anilines is 1. The first-order valence-corrected chi connectivity index (χ1v) is 9.03. The minimum absolute atomic E-state index is 0.199. The molecule has 2 heterocycles. The Kier molecular flexibility index (Phi) is 5.15. The third kappa shape index (κ3) is 4.05. The largest absolute Gasteiger partial charge is 0.351 e. The lowest BCUT2D eigenvalue weighted by Gasteiger charge is -2.19. The molecule has 0 atom stereocenters. The molecule has 1 aromatic carbocycles. The standard InChI is InChI=1S/C18H22N4O2S/c1-12-6-7-14-16(10-12)25-18(19-14)22(9-5-8-21(3)4)17(23)15-11-13(2)20-24-15/h6-7,10-11H,5,8-9H2,1-4H3. The van der Waals surface area contributed by atoms with Gasteiger partial charge in [-0.15, -0.1) is 0 Å². The Labute approximate surface area is 151 Å². The van der Waals surface area contributed by atoms with Gasteiger partial charge in [-0.2, -0.15) is 0 Å². The number of amides is 1. The number of nitrogens with zero attached hydrogens (tertiary/aromatic N) is 4. The zero-order valence-electron chi connectivity index (χ0n) is 14.9. The van der Waals surface area contributed by atoms with E-state index in [0.29, 0.717) is 17.4 Å². The van der Waals surface area contributed by atoms with E-state index >= 15 is 0 Å². The van der Waals surface area contributed by atoms with E-state index in [0.717, 1.165) is 23.2 Å². The topological polar surface area (TPSA) is 62.5 Å². The fourth-order valence-electron chi connectivity index (χ4n) is 2.56. The van der Waals surface area contributed by atoms with Crippen LogP contribution in [0.4, 0.5) is 5.13 Å². The Bertz CT molecular complexity index is 884. The van der Waals surface area contributed by atoms with Gasteiger partial charge in [0.1, 0.15) is 0 Å². The molecule has 0 unspecified atom stereocenters. The van der Waals surface area contributed by atoms with Gasteiger partial charge >= 0.3 is 0 Å². The zero-order chi connectivity index (χ0) is 18.0. The van der Waals surface area contributed by atoms with Crippen LogP contribution in [0, 0.1) is 13.8 Å². The summed E-state index contributed by atoms with van der Waals surface area (Å²) in [4.78, 5) is 21.4. The molecule has 2 aromatic heterocycles. The third-order valence-electron chi connectivity index (χ3n) is 3.83. The minimum atomic E-state index is -0.199. The summed E-state index contributed by atoms with van der Waals surface area (Å²) in [5.41, 5.74) is 2.78. The van der Waals surface area contributed by atoms with Gasteiger partial charge in [-0.3, -0.25) is 9.69 Å². The molecule has 0 aliphatic heterocycles. The number of rotatable bonds is 6. The summed E-state index contributed by atoms with van der Waals surface area (Å²) in [6, 6.07) is 7.78. The predicted octanol–water partition coefficient (Wildman–Crippen LogP) is 3.50. The molecule has 0 saturated heterocycles. The number of aromatic nitrogens is 2. The lowest BCUT2D eigenvalue weighted by Crippen LogP contribution is -2.33. The first-order chi connectivity index (χ1) is 11.9. The number of thiazole rings is 1. The molecule has 0 aliphatic carbocycles. The maximum absolute atomic E-state index is 12.9. The van der Waals surface area contributed by atoms with Gasteiger partial charge in [0, 0.05) is 12.6 Å². The monoisotopic (exact) mass is 358 g/mol. The van der Waals surface area contributed by atoms with E-state index in [2.05, 4.69) is 28.0 Å². The van der Waals surface area contributed by atoms with Crippen LogP contribution in [-0.2, 0) is 0 Å². The van der Waals surface area contributed by atoms with Crippen LogP contribution in [0.15, 0.2) is 28.8 Å². The van der Waals surface area contributed by atoms with Gasteiger partial charge < -0.3 is 9.42 Å². The molecule has 7 heteroatoms. The van der Waals surface area contributed by atoms with Crippen LogP contribution in [0.2, 0.25) is 0 Å². The van der Waals surface area contributed by atoms with Gasteiger partial charge in [0.25, 0.3) is 5.91 Å². The Morgan fingerprint density at radius 3 is 2.68 bits per heavy atom. The Morgan fingerprint density at radius 1 is 1.20 bits per heavy atom. The van der Waals surface area contributed by atoms with Gasteiger partial charge in [0.05, 0.1) is 15.9 Å². The number of hydrogen-bond donors (Lipinski definition) is 0. The fourth-order valence-corrected chi connectivity index (χ4v) is 3.65. The number of carbonyl (C=O) groups excluding carboxylic acids is 1. The summed E-state index contributed by atoms with van der Waals surface area (Å²) in [5.74, 6) is 0.0490. The van der Waals surface area contributed by atoms with Gasteiger partial charge in [-0.1, -0.05) is 22.6 Å². The molecule has 0 radical (unpaired) electrons. The molecule has 0 fully saturated rings. The van der Waals surface area contributed by atoms with Gasteiger partial charge in [0.15, 0.2) is 5.13 Å². The molecule has 3 rings (SSSR count). The second-order valence-corrected chi connectivity index (χ2v) is 7.42. The summed E-state index contributed by atoms with van der Waals surface area (Å²) in [6.45, 7) is 5.33. The molecule has 0 aliphatic rings. The van der Waals surface area contributed by atoms with Gasteiger partial charge in [0.2, 0.25) is 5.76 Å². The fraction of sp³-hybridized carbons (Fsp3) is 0.389. The van der Waals surface area contributed by atoms with Crippen molar-refractivity contribution in [3.63, 3.8) is 0 Å². The predicted molar refractivity (Wildman–Crippen MR) is 100 cm³/mol. The van der Waals surface area contributed by atoms with Crippen molar-refractivity contribution in [2.24, 2.45) is 0 Å². The molecule has 6 nitrogen and oxygen atoms in total. The third-order valence-corrected chi connectivity index (χ3v) is 4.88. The lowest BCUT2D eigenvalue weighted by molar-refractivity contribution is 0.0950. The van der Waals surface area contributed by atoms with Crippen LogP contribution in [0.3, 0.4) is 0 Å². The smallest absolute Gasteiger partial charge is 0.298 e. The van der Waals surface area contributed by atoms with E-state index in [4.69, 9.17) is 4.52 Å². The Hall–Kier alpha value is -2.25. The number of carbonyl (C=O) groups is 1. The van der Waals surface area contributed by atoms with Crippen molar-refractivity contribution in [1.82, 2.24) is 15.0 Å². The maximum Gasteiger partial charge on any atom is 0.298 e. The number of hydrogen-bond acceptors (Lipinski definition) is 6. The van der Waals surface area contributed by atoms with E-state index < -0.39 is 0 Å². The first-order valence-electron chi connectivity index (χ1n) is 8.21. The summed E-state index contributed by atoms with van der Waals surface area (Å²) in [5, 5.41) is 4.52. The maximum atomic E-state index is 12.9. The first kappa shape index (κ1) is 17.6. The molecule has 3 aromatic rings. The summed E-state index contributed by atoms with van der Waals surface area (Å²) in [6.07, 6.45) is 0.848. The van der Waals surface area contributed by atoms with Crippen molar-refractivity contribution in [2.75, 3.05) is 32.1 Å². The molecule has 0 bridgehead atoms. The van der Waals surface area contributed by atoms with Crippen molar-refractivity contribution in [2.45, 2.75) is 20.3 Å². The summed E-state index contributed by atoms with van der Waals surface area (Å²) < 4.78 is 6.25. The quantitative estimate of drug-likeness (QED) is 0.675. The molecule has 0 N–H and O–H groups in total. The zero-order valence-corrected chi connectivity index (χ0v) is 15.8. The van der Waals surface area contributed by atoms with Crippen LogP contribution in [0.1, 0.15) is 28.2 Å². The molecule has 25 heavy (non-hydrogen) atoms. The summed E-state index contributed by atoms with van der Waals surface area (Å²) in [7, 11) is 4.04. The Morgan fingerprint density at radius 2 is 2.00 bits per heavy atom. The second kappa shape index (κ2) is 7.33. The molecular formula is C18H22N4O2S.